The van der Waals surface area contributed by atoms with Gasteiger partial charge in [0.15, 0.2) is 0 Å². The lowest BCUT2D eigenvalue weighted by molar-refractivity contribution is -0.385. The van der Waals surface area contributed by atoms with Crippen molar-refractivity contribution in [2.75, 3.05) is 0 Å². The van der Waals surface area contributed by atoms with Crippen LogP contribution in [0.4, 0.5) is 5.69 Å². The number of nitrogens with two attached hydrogens (primary N) is 1. The van der Waals surface area contributed by atoms with Crippen molar-refractivity contribution in [3.63, 3.8) is 0 Å². The second-order valence-corrected chi connectivity index (χ2v) is 4.04. The molecule has 0 aliphatic heterocycles. The summed E-state index contributed by atoms with van der Waals surface area (Å²) in [7, 11) is 0. The molecule has 0 aliphatic carbocycles. The third kappa shape index (κ3) is 3.05. The summed E-state index contributed by atoms with van der Waals surface area (Å²) in [5.74, 6) is 0.436. The topological polar surface area (TPSA) is 91.3 Å². The summed E-state index contributed by atoms with van der Waals surface area (Å²) >= 11 is 0. The Bertz CT molecular complexity index is 599. The molecular formula is C13H13N3O3. The molecule has 2 rings (SSSR count). The van der Waals surface area contributed by atoms with E-state index in [1.165, 1.54) is 12.1 Å². The van der Waals surface area contributed by atoms with Crippen molar-refractivity contribution in [3.05, 3.63) is 58.3 Å². The minimum absolute atomic E-state index is 0.101. The van der Waals surface area contributed by atoms with Crippen LogP contribution >= 0.6 is 0 Å². The fourth-order valence-electron chi connectivity index (χ4n) is 1.57. The number of benzene rings is 1. The van der Waals surface area contributed by atoms with Gasteiger partial charge in [0.2, 0.25) is 11.6 Å². The summed E-state index contributed by atoms with van der Waals surface area (Å²) < 4.78 is 5.45. The molecule has 0 saturated heterocycles. The first kappa shape index (κ1) is 13.0. The maximum absolute atomic E-state index is 10.9. The monoisotopic (exact) mass is 259 g/mol. The summed E-state index contributed by atoms with van der Waals surface area (Å²) in [5.41, 5.74) is 6.51. The van der Waals surface area contributed by atoms with Gasteiger partial charge < -0.3 is 10.5 Å². The first-order chi connectivity index (χ1) is 9.08. The molecule has 0 fully saturated rings. The van der Waals surface area contributed by atoms with Crippen molar-refractivity contribution < 1.29 is 9.66 Å². The molecule has 1 atom stereocenters. The van der Waals surface area contributed by atoms with Gasteiger partial charge in [-0.15, -0.1) is 0 Å². The number of nitrogens with zero attached hydrogens (tertiary/aromatic N) is 2. The van der Waals surface area contributed by atoms with Gasteiger partial charge in [0.05, 0.1) is 4.92 Å². The highest BCUT2D eigenvalue weighted by Crippen LogP contribution is 2.30. The zero-order valence-electron chi connectivity index (χ0n) is 10.3. The van der Waals surface area contributed by atoms with Crippen LogP contribution in [0.5, 0.6) is 11.6 Å². The van der Waals surface area contributed by atoms with Crippen LogP contribution in [0.3, 0.4) is 0 Å². The Morgan fingerprint density at radius 3 is 2.79 bits per heavy atom. The Morgan fingerprint density at radius 1 is 1.37 bits per heavy atom. The van der Waals surface area contributed by atoms with E-state index < -0.39 is 4.92 Å². The smallest absolute Gasteiger partial charge is 0.311 e. The average Bonchev–Trinajstić information content (AvgIpc) is 2.39. The molecule has 1 aromatic heterocycles. The standard InChI is InChI=1S/C13H13N3O3/c1-9(14)10-6-7-15-13(8-10)19-12-5-3-2-4-11(12)16(17)18/h2-9H,14H2,1H3/t9-/m0/s1. The molecule has 6 heteroatoms. The third-order valence-electron chi connectivity index (χ3n) is 2.56. The van der Waals surface area contributed by atoms with Gasteiger partial charge in [-0.05, 0) is 24.6 Å². The molecule has 0 amide bonds. The lowest BCUT2D eigenvalue weighted by atomic mass is 10.1. The molecule has 2 aromatic rings. The maximum Gasteiger partial charge on any atom is 0.311 e. The number of pyridine rings is 1. The van der Waals surface area contributed by atoms with E-state index in [9.17, 15) is 10.1 Å². The molecule has 19 heavy (non-hydrogen) atoms. The molecule has 0 radical (unpaired) electrons. The van der Waals surface area contributed by atoms with Crippen LogP contribution in [0.1, 0.15) is 18.5 Å². The van der Waals surface area contributed by atoms with Gasteiger partial charge in [-0.1, -0.05) is 12.1 Å². The van der Waals surface area contributed by atoms with E-state index >= 15 is 0 Å². The first-order valence-corrected chi connectivity index (χ1v) is 5.70. The average molecular weight is 259 g/mol. The number of aromatic nitrogens is 1. The van der Waals surface area contributed by atoms with Crippen LogP contribution in [-0.4, -0.2) is 9.91 Å². The minimum Gasteiger partial charge on any atom is -0.432 e. The molecule has 1 heterocycles. The van der Waals surface area contributed by atoms with Gasteiger partial charge >= 0.3 is 5.69 Å². The molecule has 2 N–H and O–H groups in total. The van der Waals surface area contributed by atoms with Crippen molar-refractivity contribution in [2.45, 2.75) is 13.0 Å². The fraction of sp³-hybridized carbons (Fsp3) is 0.154. The molecule has 1 aromatic carbocycles. The predicted molar refractivity (Wildman–Crippen MR) is 70.0 cm³/mol. The fourth-order valence-corrected chi connectivity index (χ4v) is 1.57. The van der Waals surface area contributed by atoms with E-state index in [4.69, 9.17) is 10.5 Å². The van der Waals surface area contributed by atoms with Crippen molar-refractivity contribution >= 4 is 5.69 Å². The minimum atomic E-state index is -0.495. The summed E-state index contributed by atoms with van der Waals surface area (Å²) in [5, 5.41) is 10.9. The van der Waals surface area contributed by atoms with Crippen LogP contribution < -0.4 is 10.5 Å². The Balaban J connectivity index is 2.31. The van der Waals surface area contributed by atoms with Crippen molar-refractivity contribution in [1.82, 2.24) is 4.98 Å². The van der Waals surface area contributed by atoms with Gasteiger partial charge in [0, 0.05) is 24.4 Å². The summed E-state index contributed by atoms with van der Waals surface area (Å²) in [6.45, 7) is 1.84. The zero-order valence-corrected chi connectivity index (χ0v) is 10.3. The number of ether oxygens (including phenoxy) is 1. The molecule has 0 saturated carbocycles. The van der Waals surface area contributed by atoms with E-state index in [-0.39, 0.29) is 23.4 Å². The Hall–Kier alpha value is -2.47. The highest BCUT2D eigenvalue weighted by molar-refractivity contribution is 5.47. The molecule has 0 unspecified atom stereocenters. The van der Waals surface area contributed by atoms with Gasteiger partial charge in [-0.3, -0.25) is 10.1 Å². The molecule has 98 valence electrons. The van der Waals surface area contributed by atoms with Gasteiger partial charge in [0.25, 0.3) is 0 Å². The van der Waals surface area contributed by atoms with Gasteiger partial charge in [0.1, 0.15) is 0 Å². The number of rotatable bonds is 4. The predicted octanol–water partition coefficient (Wildman–Crippen LogP) is 2.80. The number of nitro benzene ring substituents is 1. The molecule has 0 bridgehead atoms. The SMILES string of the molecule is C[C@H](N)c1ccnc(Oc2ccccc2[N+](=O)[O-])c1. The Morgan fingerprint density at radius 2 is 2.11 bits per heavy atom. The zero-order chi connectivity index (χ0) is 13.8. The number of hydrogen-bond donors (Lipinski definition) is 1. The van der Waals surface area contributed by atoms with Gasteiger partial charge in [-0.2, -0.15) is 0 Å². The van der Waals surface area contributed by atoms with E-state index in [0.717, 1.165) is 5.56 Å². The van der Waals surface area contributed by atoms with E-state index in [2.05, 4.69) is 4.98 Å². The number of hydrogen-bond acceptors (Lipinski definition) is 5. The van der Waals surface area contributed by atoms with Gasteiger partial charge in [-0.25, -0.2) is 4.98 Å². The molecule has 0 spiro atoms. The van der Waals surface area contributed by atoms with Crippen LogP contribution in [0.2, 0.25) is 0 Å². The third-order valence-corrected chi connectivity index (χ3v) is 2.56. The second kappa shape index (κ2) is 5.45. The Kier molecular flexibility index (Phi) is 3.72. The normalized spacial score (nSPS) is 11.9. The largest absolute Gasteiger partial charge is 0.432 e. The highest BCUT2D eigenvalue weighted by atomic mass is 16.6. The van der Waals surface area contributed by atoms with Crippen LogP contribution in [0.25, 0.3) is 0 Å². The van der Waals surface area contributed by atoms with Crippen LogP contribution in [-0.2, 0) is 0 Å². The van der Waals surface area contributed by atoms with Crippen molar-refractivity contribution in [1.29, 1.82) is 0 Å². The lowest BCUT2D eigenvalue weighted by Gasteiger charge is -2.08. The van der Waals surface area contributed by atoms with E-state index in [1.54, 1.807) is 30.5 Å². The first-order valence-electron chi connectivity index (χ1n) is 5.70. The lowest BCUT2D eigenvalue weighted by Crippen LogP contribution is -2.05. The van der Waals surface area contributed by atoms with Crippen molar-refractivity contribution in [2.24, 2.45) is 5.73 Å². The maximum atomic E-state index is 10.9. The quantitative estimate of drug-likeness (QED) is 0.673. The molecular weight excluding hydrogens is 246 g/mol. The molecule has 0 aliphatic rings. The number of para-hydroxylation sites is 2. The van der Waals surface area contributed by atoms with E-state index in [0.29, 0.717) is 0 Å². The number of nitro groups is 1. The molecule has 6 nitrogen and oxygen atoms in total. The van der Waals surface area contributed by atoms with Crippen LogP contribution in [0, 0.1) is 10.1 Å². The van der Waals surface area contributed by atoms with E-state index in [1.807, 2.05) is 6.92 Å². The van der Waals surface area contributed by atoms with Crippen LogP contribution in [0.15, 0.2) is 42.6 Å². The highest BCUT2D eigenvalue weighted by Gasteiger charge is 2.15. The second-order valence-electron chi connectivity index (χ2n) is 4.04. The Labute approximate surface area is 110 Å². The summed E-state index contributed by atoms with van der Waals surface area (Å²) in [6.07, 6.45) is 1.56. The van der Waals surface area contributed by atoms with Crippen molar-refractivity contribution in [3.8, 4) is 11.6 Å². The summed E-state index contributed by atoms with van der Waals surface area (Å²) in [4.78, 5) is 14.4. The summed E-state index contributed by atoms with van der Waals surface area (Å²) in [6, 6.07) is 9.44.